The molecule has 0 amide bonds. The average Bonchev–Trinajstić information content (AvgIpc) is 2.32. The van der Waals surface area contributed by atoms with Crippen LogP contribution in [0.15, 0.2) is 42.7 Å². The summed E-state index contributed by atoms with van der Waals surface area (Å²) in [4.78, 5) is 3.90. The molecule has 3 heteroatoms. The van der Waals surface area contributed by atoms with Gasteiger partial charge < -0.3 is 5.11 Å². The Bertz CT molecular complexity index is 485. The summed E-state index contributed by atoms with van der Waals surface area (Å²) < 4.78 is 13.5. The number of halogens is 1. The number of nitrogens with zero attached hydrogens (tertiary/aromatic N) is 1. The van der Waals surface area contributed by atoms with Gasteiger partial charge in [-0.1, -0.05) is 23.8 Å². The Morgan fingerprint density at radius 1 is 1.31 bits per heavy atom. The molecule has 0 saturated carbocycles. The van der Waals surface area contributed by atoms with E-state index in [4.69, 9.17) is 0 Å². The first kappa shape index (κ1) is 10.8. The molecule has 0 saturated heterocycles. The lowest BCUT2D eigenvalue weighted by molar-refractivity contribution is 0.214. The molecule has 0 aliphatic rings. The lowest BCUT2D eigenvalue weighted by atomic mass is 10.0. The van der Waals surface area contributed by atoms with Crippen LogP contribution < -0.4 is 0 Å². The van der Waals surface area contributed by atoms with Gasteiger partial charge in [0.05, 0.1) is 0 Å². The van der Waals surface area contributed by atoms with Crippen LogP contribution in [0.3, 0.4) is 0 Å². The van der Waals surface area contributed by atoms with Gasteiger partial charge in [0.2, 0.25) is 0 Å². The van der Waals surface area contributed by atoms with Crippen molar-refractivity contribution < 1.29 is 9.50 Å². The molecule has 2 rings (SSSR count). The van der Waals surface area contributed by atoms with Crippen molar-refractivity contribution in [2.24, 2.45) is 0 Å². The van der Waals surface area contributed by atoms with Gasteiger partial charge >= 0.3 is 0 Å². The average molecular weight is 217 g/mol. The second kappa shape index (κ2) is 4.41. The van der Waals surface area contributed by atoms with Crippen LogP contribution in [0.4, 0.5) is 4.39 Å². The van der Waals surface area contributed by atoms with Crippen molar-refractivity contribution >= 4 is 0 Å². The fourth-order valence-electron chi connectivity index (χ4n) is 1.59. The van der Waals surface area contributed by atoms with E-state index in [1.54, 1.807) is 30.5 Å². The van der Waals surface area contributed by atoms with Crippen molar-refractivity contribution in [3.63, 3.8) is 0 Å². The van der Waals surface area contributed by atoms with E-state index in [-0.39, 0.29) is 5.56 Å². The smallest absolute Gasteiger partial charge is 0.129 e. The van der Waals surface area contributed by atoms with Crippen LogP contribution in [0, 0.1) is 12.7 Å². The monoisotopic (exact) mass is 217 g/mol. The number of hydrogen-bond donors (Lipinski definition) is 1. The van der Waals surface area contributed by atoms with Crippen molar-refractivity contribution in [1.29, 1.82) is 0 Å². The van der Waals surface area contributed by atoms with Crippen molar-refractivity contribution in [2.45, 2.75) is 13.0 Å². The molecule has 16 heavy (non-hydrogen) atoms. The van der Waals surface area contributed by atoms with Crippen LogP contribution in [-0.4, -0.2) is 10.1 Å². The Morgan fingerprint density at radius 2 is 2.12 bits per heavy atom. The molecule has 0 fully saturated rings. The Morgan fingerprint density at radius 3 is 2.81 bits per heavy atom. The van der Waals surface area contributed by atoms with Crippen LogP contribution in [0.5, 0.6) is 0 Å². The third-order valence-corrected chi connectivity index (χ3v) is 2.45. The number of pyridine rings is 1. The summed E-state index contributed by atoms with van der Waals surface area (Å²) in [6, 6.07) is 8.12. The van der Waals surface area contributed by atoms with Crippen molar-refractivity contribution in [1.82, 2.24) is 4.98 Å². The summed E-state index contributed by atoms with van der Waals surface area (Å²) in [5.74, 6) is -0.401. The summed E-state index contributed by atoms with van der Waals surface area (Å²) in [5, 5.41) is 10.0. The maximum atomic E-state index is 13.5. The zero-order valence-corrected chi connectivity index (χ0v) is 8.89. The minimum Gasteiger partial charge on any atom is -0.383 e. The van der Waals surface area contributed by atoms with E-state index in [0.717, 1.165) is 5.56 Å². The first-order valence-electron chi connectivity index (χ1n) is 5.02. The highest BCUT2D eigenvalue weighted by atomic mass is 19.1. The first-order valence-corrected chi connectivity index (χ1v) is 5.02. The molecule has 1 heterocycles. The predicted molar refractivity (Wildman–Crippen MR) is 59.4 cm³/mol. The standard InChI is InChI=1S/C13H12FNO/c1-9-4-5-12(14)11(7-9)13(16)10-3-2-6-15-8-10/h2-8,13,16H,1H3. The van der Waals surface area contributed by atoms with Crippen molar-refractivity contribution in [3.05, 3.63) is 65.2 Å². The Balaban J connectivity index is 2.41. The second-order valence-electron chi connectivity index (χ2n) is 3.71. The summed E-state index contributed by atoms with van der Waals surface area (Å²) in [6.07, 6.45) is 2.18. The van der Waals surface area contributed by atoms with E-state index >= 15 is 0 Å². The largest absolute Gasteiger partial charge is 0.383 e. The second-order valence-corrected chi connectivity index (χ2v) is 3.71. The normalized spacial score (nSPS) is 12.4. The molecule has 0 radical (unpaired) electrons. The summed E-state index contributed by atoms with van der Waals surface area (Å²) in [7, 11) is 0. The number of aliphatic hydroxyl groups is 1. The molecular weight excluding hydrogens is 205 g/mol. The molecule has 2 nitrogen and oxygen atoms in total. The minimum absolute atomic E-state index is 0.285. The molecule has 82 valence electrons. The van der Waals surface area contributed by atoms with Crippen LogP contribution >= 0.6 is 0 Å². The van der Waals surface area contributed by atoms with Gasteiger partial charge in [0.25, 0.3) is 0 Å². The number of hydrogen-bond acceptors (Lipinski definition) is 2. The molecule has 0 spiro atoms. The van der Waals surface area contributed by atoms with E-state index in [0.29, 0.717) is 5.56 Å². The third-order valence-electron chi connectivity index (χ3n) is 2.45. The number of aryl methyl sites for hydroxylation is 1. The maximum Gasteiger partial charge on any atom is 0.129 e. The van der Waals surface area contributed by atoms with Gasteiger partial charge in [-0.2, -0.15) is 0 Å². The van der Waals surface area contributed by atoms with Crippen molar-refractivity contribution in [2.75, 3.05) is 0 Å². The number of rotatable bonds is 2. The van der Waals surface area contributed by atoms with Crippen LogP contribution in [0.25, 0.3) is 0 Å². The number of aromatic nitrogens is 1. The van der Waals surface area contributed by atoms with Gasteiger partial charge in [0.1, 0.15) is 11.9 Å². The summed E-state index contributed by atoms with van der Waals surface area (Å²) in [5.41, 5.74) is 1.79. The number of benzene rings is 1. The van der Waals surface area contributed by atoms with Crippen LogP contribution in [0.1, 0.15) is 22.8 Å². The highest BCUT2D eigenvalue weighted by Gasteiger charge is 2.14. The predicted octanol–water partition coefficient (Wildman–Crippen LogP) is 2.61. The molecule has 1 unspecified atom stereocenters. The molecular formula is C13H12FNO. The fraction of sp³-hybridized carbons (Fsp3) is 0.154. The van der Waals surface area contributed by atoms with Gasteiger partial charge in [0, 0.05) is 23.5 Å². The molecule has 0 aliphatic carbocycles. The topological polar surface area (TPSA) is 33.1 Å². The highest BCUT2D eigenvalue weighted by molar-refractivity contribution is 5.32. The Hall–Kier alpha value is -1.74. The fourth-order valence-corrected chi connectivity index (χ4v) is 1.59. The van der Waals surface area contributed by atoms with E-state index in [2.05, 4.69) is 4.98 Å². The molecule has 1 atom stereocenters. The first-order chi connectivity index (χ1) is 7.68. The summed E-state index contributed by atoms with van der Waals surface area (Å²) >= 11 is 0. The minimum atomic E-state index is -0.964. The molecule has 1 aromatic heterocycles. The van der Waals surface area contributed by atoms with Gasteiger partial charge in [-0.05, 0) is 19.1 Å². The van der Waals surface area contributed by atoms with Crippen LogP contribution in [-0.2, 0) is 0 Å². The van der Waals surface area contributed by atoms with Gasteiger partial charge in [-0.25, -0.2) is 4.39 Å². The van der Waals surface area contributed by atoms with E-state index in [1.807, 2.05) is 6.92 Å². The zero-order valence-electron chi connectivity index (χ0n) is 8.89. The van der Waals surface area contributed by atoms with Crippen LogP contribution in [0.2, 0.25) is 0 Å². The highest BCUT2D eigenvalue weighted by Crippen LogP contribution is 2.24. The van der Waals surface area contributed by atoms with Gasteiger partial charge in [-0.15, -0.1) is 0 Å². The van der Waals surface area contributed by atoms with Crippen molar-refractivity contribution in [3.8, 4) is 0 Å². The maximum absolute atomic E-state index is 13.5. The molecule has 0 bridgehead atoms. The van der Waals surface area contributed by atoms with E-state index in [1.165, 1.54) is 12.3 Å². The Kier molecular flexibility index (Phi) is 2.97. The quantitative estimate of drug-likeness (QED) is 0.838. The van der Waals surface area contributed by atoms with Gasteiger partial charge in [0.15, 0.2) is 0 Å². The molecule has 0 aliphatic heterocycles. The molecule has 1 aromatic carbocycles. The SMILES string of the molecule is Cc1ccc(F)c(C(O)c2cccnc2)c1. The lowest BCUT2D eigenvalue weighted by Gasteiger charge is -2.12. The Labute approximate surface area is 93.4 Å². The molecule has 1 N–H and O–H groups in total. The van der Waals surface area contributed by atoms with Gasteiger partial charge in [-0.3, -0.25) is 4.98 Å². The third kappa shape index (κ3) is 2.09. The van der Waals surface area contributed by atoms with E-state index < -0.39 is 11.9 Å². The zero-order chi connectivity index (χ0) is 11.5. The lowest BCUT2D eigenvalue weighted by Crippen LogP contribution is -2.03. The number of aliphatic hydroxyl groups excluding tert-OH is 1. The molecule has 2 aromatic rings. The summed E-state index contributed by atoms with van der Waals surface area (Å²) in [6.45, 7) is 1.86. The van der Waals surface area contributed by atoms with E-state index in [9.17, 15) is 9.50 Å².